The number of cyclic esters (lactones) is 1. The first-order chi connectivity index (χ1) is 11.2. The summed E-state index contributed by atoms with van der Waals surface area (Å²) in [5, 5.41) is 2.52. The van der Waals surface area contributed by atoms with E-state index in [1.54, 1.807) is 6.92 Å². The quantitative estimate of drug-likeness (QED) is 0.850. The number of amides is 2. The first-order valence-electron chi connectivity index (χ1n) is 7.34. The fourth-order valence-electron chi connectivity index (χ4n) is 2.47. The van der Waals surface area contributed by atoms with Gasteiger partial charge in [0, 0.05) is 12.6 Å². The van der Waals surface area contributed by atoms with Gasteiger partial charge in [0.05, 0.1) is 12.1 Å². The maximum absolute atomic E-state index is 13.0. The molecule has 9 heteroatoms. The fourth-order valence-corrected chi connectivity index (χ4v) is 2.47. The topological polar surface area (TPSA) is 84.7 Å². The van der Waals surface area contributed by atoms with Gasteiger partial charge in [-0.3, -0.25) is 4.79 Å². The average Bonchev–Trinajstić information content (AvgIpc) is 2.90. The van der Waals surface area contributed by atoms with Crippen LogP contribution in [0.15, 0.2) is 24.3 Å². The Balaban J connectivity index is 2.03. The Labute approximate surface area is 136 Å². The van der Waals surface area contributed by atoms with Crippen LogP contribution in [0.5, 0.6) is 0 Å². The maximum atomic E-state index is 13.0. The molecular weight excluding hydrogens is 327 g/mol. The zero-order valence-corrected chi connectivity index (χ0v) is 13.0. The lowest BCUT2D eigenvalue weighted by Crippen LogP contribution is -2.45. The minimum atomic E-state index is -4.60. The van der Waals surface area contributed by atoms with E-state index in [1.165, 1.54) is 23.1 Å². The average molecular weight is 345 g/mol. The van der Waals surface area contributed by atoms with Crippen LogP contribution in [-0.2, 0) is 15.7 Å². The SMILES string of the molecule is CC(CN1CCOC1=O)NC(=O)C(N)c1ccccc1C(F)(F)F. The molecule has 132 valence electrons. The molecule has 0 radical (unpaired) electrons. The van der Waals surface area contributed by atoms with E-state index in [0.717, 1.165) is 6.07 Å². The highest BCUT2D eigenvalue weighted by atomic mass is 19.4. The van der Waals surface area contributed by atoms with E-state index in [-0.39, 0.29) is 18.7 Å². The molecule has 2 amide bonds. The van der Waals surface area contributed by atoms with Crippen LogP contribution in [0.4, 0.5) is 18.0 Å². The summed E-state index contributed by atoms with van der Waals surface area (Å²) in [4.78, 5) is 24.9. The van der Waals surface area contributed by atoms with E-state index in [9.17, 15) is 22.8 Å². The third-order valence-corrected chi connectivity index (χ3v) is 3.61. The molecule has 0 aliphatic carbocycles. The second kappa shape index (κ2) is 7.08. The van der Waals surface area contributed by atoms with E-state index >= 15 is 0 Å². The van der Waals surface area contributed by atoms with Gasteiger partial charge in [0.2, 0.25) is 5.91 Å². The van der Waals surface area contributed by atoms with Gasteiger partial charge in [-0.2, -0.15) is 13.2 Å². The normalized spacial score (nSPS) is 17.4. The van der Waals surface area contributed by atoms with Gasteiger partial charge < -0.3 is 20.7 Å². The number of nitrogens with two attached hydrogens (primary N) is 1. The molecule has 2 rings (SSSR count). The predicted molar refractivity (Wildman–Crippen MR) is 78.9 cm³/mol. The summed E-state index contributed by atoms with van der Waals surface area (Å²) in [6.45, 7) is 2.50. The molecule has 1 aliphatic rings. The summed E-state index contributed by atoms with van der Waals surface area (Å²) in [6.07, 6.45) is -5.08. The number of carbonyl (C=O) groups excluding carboxylic acids is 2. The van der Waals surface area contributed by atoms with Gasteiger partial charge in [-0.25, -0.2) is 4.79 Å². The van der Waals surface area contributed by atoms with Crippen molar-refractivity contribution in [2.24, 2.45) is 5.73 Å². The monoisotopic (exact) mass is 345 g/mol. The summed E-state index contributed by atoms with van der Waals surface area (Å²) < 4.78 is 43.8. The van der Waals surface area contributed by atoms with E-state index in [2.05, 4.69) is 5.32 Å². The highest BCUT2D eigenvalue weighted by molar-refractivity contribution is 5.83. The van der Waals surface area contributed by atoms with Gasteiger partial charge in [0.1, 0.15) is 12.6 Å². The van der Waals surface area contributed by atoms with Crippen LogP contribution in [0.3, 0.4) is 0 Å². The third-order valence-electron chi connectivity index (χ3n) is 3.61. The number of carbonyl (C=O) groups is 2. The van der Waals surface area contributed by atoms with Gasteiger partial charge in [0.25, 0.3) is 0 Å². The van der Waals surface area contributed by atoms with Gasteiger partial charge in [-0.05, 0) is 18.6 Å². The lowest BCUT2D eigenvalue weighted by Gasteiger charge is -2.23. The second-order valence-corrected chi connectivity index (χ2v) is 5.53. The van der Waals surface area contributed by atoms with Crippen LogP contribution in [0.1, 0.15) is 24.1 Å². The second-order valence-electron chi connectivity index (χ2n) is 5.53. The predicted octanol–water partition coefficient (Wildman–Crippen LogP) is 1.66. The number of hydrogen-bond donors (Lipinski definition) is 2. The number of hydrogen-bond acceptors (Lipinski definition) is 4. The molecule has 1 aliphatic heterocycles. The minimum absolute atomic E-state index is 0.193. The highest BCUT2D eigenvalue weighted by Crippen LogP contribution is 2.33. The molecule has 0 aromatic heterocycles. The van der Waals surface area contributed by atoms with Crippen molar-refractivity contribution < 1.29 is 27.5 Å². The Morgan fingerprint density at radius 2 is 2.08 bits per heavy atom. The zero-order chi connectivity index (χ0) is 17.9. The van der Waals surface area contributed by atoms with E-state index in [1.807, 2.05) is 0 Å². The number of rotatable bonds is 5. The van der Waals surface area contributed by atoms with Crippen LogP contribution >= 0.6 is 0 Å². The number of alkyl halides is 3. The molecule has 1 aromatic carbocycles. The van der Waals surface area contributed by atoms with Crippen molar-refractivity contribution in [3.63, 3.8) is 0 Å². The third kappa shape index (κ3) is 4.16. The van der Waals surface area contributed by atoms with Crippen LogP contribution in [0.2, 0.25) is 0 Å². The van der Waals surface area contributed by atoms with E-state index < -0.39 is 35.8 Å². The van der Waals surface area contributed by atoms with Crippen LogP contribution in [-0.4, -0.2) is 42.6 Å². The Kier molecular flexibility index (Phi) is 5.33. The van der Waals surface area contributed by atoms with Crippen molar-refractivity contribution in [3.8, 4) is 0 Å². The van der Waals surface area contributed by atoms with E-state index in [0.29, 0.717) is 6.54 Å². The molecule has 2 unspecified atom stereocenters. The van der Waals surface area contributed by atoms with Crippen LogP contribution < -0.4 is 11.1 Å². The molecular formula is C15H18F3N3O3. The Hall–Kier alpha value is -2.29. The lowest BCUT2D eigenvalue weighted by molar-refractivity contribution is -0.138. The Morgan fingerprint density at radius 1 is 1.42 bits per heavy atom. The number of benzene rings is 1. The number of nitrogens with one attached hydrogen (secondary N) is 1. The summed E-state index contributed by atoms with van der Waals surface area (Å²) >= 11 is 0. The van der Waals surface area contributed by atoms with Crippen LogP contribution in [0, 0.1) is 0 Å². The number of nitrogens with zero attached hydrogens (tertiary/aromatic N) is 1. The molecule has 0 saturated carbocycles. The minimum Gasteiger partial charge on any atom is -0.448 e. The first-order valence-corrected chi connectivity index (χ1v) is 7.34. The van der Waals surface area contributed by atoms with Crippen molar-refractivity contribution in [2.45, 2.75) is 25.2 Å². The molecule has 0 spiro atoms. The van der Waals surface area contributed by atoms with Gasteiger partial charge >= 0.3 is 12.3 Å². The molecule has 1 saturated heterocycles. The fraction of sp³-hybridized carbons (Fsp3) is 0.467. The molecule has 1 aromatic rings. The Bertz CT molecular complexity index is 621. The smallest absolute Gasteiger partial charge is 0.416 e. The number of halogens is 3. The Morgan fingerprint density at radius 3 is 2.67 bits per heavy atom. The largest absolute Gasteiger partial charge is 0.448 e. The molecule has 2 atom stereocenters. The number of ether oxygens (including phenoxy) is 1. The first kappa shape index (κ1) is 18.1. The molecule has 1 heterocycles. The molecule has 6 nitrogen and oxygen atoms in total. The molecule has 24 heavy (non-hydrogen) atoms. The van der Waals surface area contributed by atoms with Crippen molar-refractivity contribution in [1.29, 1.82) is 0 Å². The molecule has 0 bridgehead atoms. The van der Waals surface area contributed by atoms with Crippen molar-refractivity contribution in [2.75, 3.05) is 19.7 Å². The standard InChI is InChI=1S/C15H18F3N3O3/c1-9(8-21-6-7-24-14(21)23)20-13(22)12(19)10-4-2-3-5-11(10)15(16,17)18/h2-5,9,12H,6-8,19H2,1H3,(H,20,22). The van der Waals surface area contributed by atoms with Gasteiger partial charge in [0.15, 0.2) is 0 Å². The maximum Gasteiger partial charge on any atom is 0.416 e. The molecule has 3 N–H and O–H groups in total. The summed E-state index contributed by atoms with van der Waals surface area (Å²) in [6, 6.07) is 2.74. The van der Waals surface area contributed by atoms with Crippen molar-refractivity contribution >= 4 is 12.0 Å². The van der Waals surface area contributed by atoms with E-state index in [4.69, 9.17) is 10.5 Å². The molecule has 1 fully saturated rings. The summed E-state index contributed by atoms with van der Waals surface area (Å²) in [5.41, 5.74) is 4.47. The lowest BCUT2D eigenvalue weighted by atomic mass is 9.99. The van der Waals surface area contributed by atoms with Crippen molar-refractivity contribution in [1.82, 2.24) is 10.2 Å². The van der Waals surface area contributed by atoms with Crippen molar-refractivity contribution in [3.05, 3.63) is 35.4 Å². The zero-order valence-electron chi connectivity index (χ0n) is 13.0. The van der Waals surface area contributed by atoms with Gasteiger partial charge in [-0.15, -0.1) is 0 Å². The van der Waals surface area contributed by atoms with Gasteiger partial charge in [-0.1, -0.05) is 18.2 Å². The summed E-state index contributed by atoms with van der Waals surface area (Å²) in [7, 11) is 0. The highest BCUT2D eigenvalue weighted by Gasteiger charge is 2.36. The summed E-state index contributed by atoms with van der Waals surface area (Å²) in [5.74, 6) is -0.744. The van der Waals surface area contributed by atoms with Crippen LogP contribution in [0.25, 0.3) is 0 Å².